The number of hydrogen-bond acceptors (Lipinski definition) is 2. The molecule has 0 fully saturated rings. The van der Waals surface area contributed by atoms with Gasteiger partial charge < -0.3 is 14.5 Å². The van der Waals surface area contributed by atoms with Gasteiger partial charge in [-0.3, -0.25) is 0 Å². The fourth-order valence-electron chi connectivity index (χ4n) is 3.04. The molecule has 1 aromatic heterocycles. The maximum Gasteiger partial charge on any atom is 0.123 e. The Kier molecular flexibility index (Phi) is 3.82. The van der Waals surface area contributed by atoms with Gasteiger partial charge in [0, 0.05) is 27.4 Å². The van der Waals surface area contributed by atoms with E-state index >= 15 is 0 Å². The Morgan fingerprint density at radius 1 is 0.875 bits per heavy atom. The van der Waals surface area contributed by atoms with Crippen molar-refractivity contribution in [2.24, 2.45) is 0 Å². The molecule has 1 aliphatic heterocycles. The van der Waals surface area contributed by atoms with Gasteiger partial charge in [-0.05, 0) is 29.0 Å². The van der Waals surface area contributed by atoms with Crippen molar-refractivity contribution >= 4 is 21.8 Å². The molecular formula is C20H19NO2S. The Labute approximate surface area is 144 Å². The van der Waals surface area contributed by atoms with E-state index in [9.17, 15) is 0 Å². The SMILES string of the molecule is COc1cc(OC)cc(-c2[nH]c3ccccc3c2[SH]2C=CC=C2)c1. The van der Waals surface area contributed by atoms with E-state index in [1.165, 1.54) is 10.3 Å². The Balaban J connectivity index is 1.98. The molecule has 0 saturated heterocycles. The third-order valence-electron chi connectivity index (χ3n) is 4.18. The zero-order valence-electron chi connectivity index (χ0n) is 13.6. The normalized spacial score (nSPS) is 14.5. The predicted octanol–water partition coefficient (Wildman–Crippen LogP) is 5.25. The van der Waals surface area contributed by atoms with Gasteiger partial charge in [-0.2, -0.15) is 10.9 Å². The largest absolute Gasteiger partial charge is 0.497 e. The quantitative estimate of drug-likeness (QED) is 0.637. The molecule has 0 unspecified atom stereocenters. The summed E-state index contributed by atoms with van der Waals surface area (Å²) in [6, 6.07) is 14.5. The van der Waals surface area contributed by atoms with Crippen LogP contribution in [0.4, 0.5) is 0 Å². The van der Waals surface area contributed by atoms with E-state index in [0.717, 1.165) is 28.3 Å². The second-order valence-electron chi connectivity index (χ2n) is 5.59. The van der Waals surface area contributed by atoms with E-state index in [-0.39, 0.29) is 0 Å². The molecule has 0 spiro atoms. The summed E-state index contributed by atoms with van der Waals surface area (Å²) >= 11 is 0. The third-order valence-corrected chi connectivity index (χ3v) is 6.15. The van der Waals surface area contributed by atoms with Crippen LogP contribution in [-0.4, -0.2) is 19.2 Å². The predicted molar refractivity (Wildman–Crippen MR) is 102 cm³/mol. The third kappa shape index (κ3) is 2.49. The number of nitrogens with one attached hydrogen (secondary N) is 1. The lowest BCUT2D eigenvalue weighted by Crippen LogP contribution is -1.90. The number of thiol groups is 1. The highest BCUT2D eigenvalue weighted by molar-refractivity contribution is 8.22. The topological polar surface area (TPSA) is 34.2 Å². The van der Waals surface area contributed by atoms with Crippen LogP contribution >= 0.6 is 10.9 Å². The van der Waals surface area contributed by atoms with Gasteiger partial charge in [-0.15, -0.1) is 0 Å². The molecule has 2 heterocycles. The molecule has 0 saturated carbocycles. The molecule has 24 heavy (non-hydrogen) atoms. The number of allylic oxidation sites excluding steroid dienone is 2. The van der Waals surface area contributed by atoms with Crippen LogP contribution in [0.5, 0.6) is 11.5 Å². The molecule has 0 radical (unpaired) electrons. The number of aromatic nitrogens is 1. The maximum atomic E-state index is 5.44. The molecule has 4 heteroatoms. The highest BCUT2D eigenvalue weighted by atomic mass is 32.2. The number of rotatable bonds is 4. The summed E-state index contributed by atoms with van der Waals surface area (Å²) < 4.78 is 10.9. The van der Waals surface area contributed by atoms with Crippen LogP contribution in [0.1, 0.15) is 0 Å². The molecule has 0 aliphatic carbocycles. The summed E-state index contributed by atoms with van der Waals surface area (Å²) in [6.07, 6.45) is 4.26. The van der Waals surface area contributed by atoms with Crippen LogP contribution in [-0.2, 0) is 0 Å². The summed E-state index contributed by atoms with van der Waals surface area (Å²) in [5, 5.41) is 5.84. The lowest BCUT2D eigenvalue weighted by molar-refractivity contribution is 0.394. The van der Waals surface area contributed by atoms with Gasteiger partial charge in [0.1, 0.15) is 11.5 Å². The van der Waals surface area contributed by atoms with Gasteiger partial charge in [0.2, 0.25) is 0 Å². The smallest absolute Gasteiger partial charge is 0.123 e. The average molecular weight is 337 g/mol. The number of ether oxygens (including phenoxy) is 2. The number of methoxy groups -OCH3 is 2. The Hall–Kier alpha value is -2.59. The van der Waals surface area contributed by atoms with Crippen molar-refractivity contribution < 1.29 is 9.47 Å². The minimum Gasteiger partial charge on any atom is -0.497 e. The van der Waals surface area contributed by atoms with E-state index < -0.39 is 10.9 Å². The first-order chi connectivity index (χ1) is 11.8. The fourth-order valence-corrected chi connectivity index (χ4v) is 4.92. The van der Waals surface area contributed by atoms with Gasteiger partial charge >= 0.3 is 0 Å². The van der Waals surface area contributed by atoms with Crippen molar-refractivity contribution in [2.75, 3.05) is 14.2 Å². The molecule has 1 N–H and O–H groups in total. The number of aromatic amines is 1. The van der Waals surface area contributed by atoms with Crippen molar-refractivity contribution in [3.05, 3.63) is 65.4 Å². The van der Waals surface area contributed by atoms with Crippen LogP contribution in [0.3, 0.4) is 0 Å². The zero-order chi connectivity index (χ0) is 16.5. The van der Waals surface area contributed by atoms with Crippen LogP contribution in [0.15, 0.2) is 70.3 Å². The molecule has 1 aliphatic rings. The van der Waals surface area contributed by atoms with Crippen molar-refractivity contribution in [1.29, 1.82) is 0 Å². The van der Waals surface area contributed by atoms with Gasteiger partial charge in [-0.25, -0.2) is 0 Å². The molecule has 4 rings (SSSR count). The first-order valence-corrected chi connectivity index (χ1v) is 9.25. The minimum absolute atomic E-state index is 0.449. The summed E-state index contributed by atoms with van der Waals surface area (Å²) in [7, 11) is 2.91. The highest BCUT2D eigenvalue weighted by Gasteiger charge is 2.18. The van der Waals surface area contributed by atoms with Crippen molar-refractivity contribution in [3.8, 4) is 22.8 Å². The van der Waals surface area contributed by atoms with Crippen LogP contribution in [0.25, 0.3) is 22.2 Å². The standard InChI is InChI=1S/C20H19NO2S/c1-22-15-11-14(12-16(13-15)23-2)19-20(24-9-5-6-10-24)17-7-3-4-8-18(17)21-19/h3-13,21,24H,1-2H3. The molecule has 0 atom stereocenters. The summed E-state index contributed by atoms with van der Waals surface area (Å²) in [5.41, 5.74) is 3.37. The fraction of sp³-hybridized carbons (Fsp3) is 0.100. The number of para-hydroxylation sites is 1. The Bertz CT molecular complexity index is 921. The minimum atomic E-state index is -0.449. The highest BCUT2D eigenvalue weighted by Crippen LogP contribution is 2.51. The van der Waals surface area contributed by atoms with E-state index in [4.69, 9.17) is 9.47 Å². The molecular weight excluding hydrogens is 318 g/mol. The van der Waals surface area contributed by atoms with Crippen LogP contribution in [0, 0.1) is 0 Å². The van der Waals surface area contributed by atoms with E-state index in [0.29, 0.717) is 0 Å². The van der Waals surface area contributed by atoms with E-state index in [2.05, 4.69) is 64.4 Å². The lowest BCUT2D eigenvalue weighted by Gasteiger charge is -2.14. The van der Waals surface area contributed by atoms with Crippen LogP contribution < -0.4 is 9.47 Å². The second kappa shape index (κ2) is 6.13. The monoisotopic (exact) mass is 337 g/mol. The van der Waals surface area contributed by atoms with Crippen molar-refractivity contribution in [2.45, 2.75) is 4.90 Å². The van der Waals surface area contributed by atoms with Gasteiger partial charge in [0.15, 0.2) is 0 Å². The van der Waals surface area contributed by atoms with E-state index in [1.807, 2.05) is 6.07 Å². The number of benzene rings is 2. The Morgan fingerprint density at radius 3 is 2.21 bits per heavy atom. The Morgan fingerprint density at radius 2 is 1.54 bits per heavy atom. The van der Waals surface area contributed by atoms with Gasteiger partial charge in [-0.1, -0.05) is 30.4 Å². The molecule has 3 nitrogen and oxygen atoms in total. The van der Waals surface area contributed by atoms with Gasteiger partial charge in [0.25, 0.3) is 0 Å². The van der Waals surface area contributed by atoms with Gasteiger partial charge in [0.05, 0.1) is 19.9 Å². The number of hydrogen-bond donors (Lipinski definition) is 2. The van der Waals surface area contributed by atoms with Crippen molar-refractivity contribution in [3.63, 3.8) is 0 Å². The lowest BCUT2D eigenvalue weighted by atomic mass is 10.1. The summed E-state index contributed by atoms with van der Waals surface area (Å²) in [6.45, 7) is 0. The summed E-state index contributed by atoms with van der Waals surface area (Å²) in [4.78, 5) is 4.95. The molecule has 3 aromatic rings. The first-order valence-electron chi connectivity index (χ1n) is 7.77. The summed E-state index contributed by atoms with van der Waals surface area (Å²) in [5.74, 6) is 1.58. The second-order valence-corrected chi connectivity index (χ2v) is 7.44. The molecule has 122 valence electrons. The first kappa shape index (κ1) is 15.0. The molecule has 0 bridgehead atoms. The molecule has 0 amide bonds. The average Bonchev–Trinajstić information content (AvgIpc) is 3.28. The van der Waals surface area contributed by atoms with E-state index in [1.54, 1.807) is 14.2 Å². The number of fused-ring (bicyclic) bond motifs is 1. The maximum absolute atomic E-state index is 5.44. The molecule has 2 aromatic carbocycles. The zero-order valence-corrected chi connectivity index (χ0v) is 14.5. The van der Waals surface area contributed by atoms with Crippen molar-refractivity contribution in [1.82, 2.24) is 4.98 Å². The van der Waals surface area contributed by atoms with Crippen LogP contribution in [0.2, 0.25) is 0 Å². The number of H-pyrrole nitrogens is 1.